The maximum Gasteiger partial charge on any atom is 0.223 e. The summed E-state index contributed by atoms with van der Waals surface area (Å²) >= 11 is 0. The number of amides is 2. The fourth-order valence-corrected chi connectivity index (χ4v) is 3.46. The van der Waals surface area contributed by atoms with Gasteiger partial charge < -0.3 is 15.9 Å². The molecule has 2 amide bonds. The number of nitrogens with two attached hydrogens (primary N) is 1. The van der Waals surface area contributed by atoms with E-state index in [1.807, 2.05) is 0 Å². The van der Waals surface area contributed by atoms with Gasteiger partial charge in [-0.2, -0.15) is 0 Å². The molecule has 0 radical (unpaired) electrons. The second-order valence-electron chi connectivity index (χ2n) is 6.80. The molecule has 160 valence electrons. The van der Waals surface area contributed by atoms with Crippen LogP contribution in [0.1, 0.15) is 71.1 Å². The predicted molar refractivity (Wildman–Crippen MR) is 120 cm³/mol. The summed E-state index contributed by atoms with van der Waals surface area (Å²) in [7, 11) is -1.39. The Morgan fingerprint density at radius 2 is 1.54 bits per heavy atom. The number of nitrogens with one attached hydrogen (secondary N) is 1. The highest BCUT2D eigenvalue weighted by Crippen LogP contribution is 2.27. The van der Waals surface area contributed by atoms with E-state index in [0.717, 1.165) is 44.9 Å². The van der Waals surface area contributed by atoms with Gasteiger partial charge in [0.1, 0.15) is 0 Å². The lowest BCUT2D eigenvalue weighted by molar-refractivity contribution is -0.121. The van der Waals surface area contributed by atoms with Crippen LogP contribution < -0.4 is 11.1 Å². The van der Waals surface area contributed by atoms with Gasteiger partial charge in [0, 0.05) is 27.3 Å². The van der Waals surface area contributed by atoms with E-state index in [0.29, 0.717) is 19.1 Å². The minimum absolute atomic E-state index is 0.00768. The van der Waals surface area contributed by atoms with Gasteiger partial charge >= 0.3 is 0 Å². The number of hydrogen-bond donors (Lipinski definition) is 3. The zero-order chi connectivity index (χ0) is 20.9. The van der Waals surface area contributed by atoms with Gasteiger partial charge in [-0.25, -0.2) is 0 Å². The second-order valence-corrected chi connectivity index (χ2v) is 8.58. The molecule has 28 heavy (non-hydrogen) atoms. The molecule has 0 bridgehead atoms. The van der Waals surface area contributed by atoms with Crippen LogP contribution in [-0.4, -0.2) is 35.6 Å². The van der Waals surface area contributed by atoms with E-state index in [1.54, 1.807) is 0 Å². The summed E-state index contributed by atoms with van der Waals surface area (Å²) in [4.78, 5) is 31.9. The Kier molecular flexibility index (Phi) is 19.2. The maximum absolute atomic E-state index is 11.7. The summed E-state index contributed by atoms with van der Waals surface area (Å²) in [6.07, 6.45) is 24.0. The molecule has 0 aliphatic carbocycles. The SMILES string of the molecule is CCC=CCC=CCC=CCCCCCCCC(=O)NCCP(O)CC(N)=O. The molecule has 5 nitrogen and oxygen atoms in total. The molecule has 0 saturated heterocycles. The van der Waals surface area contributed by atoms with Crippen LogP contribution in [0.4, 0.5) is 0 Å². The van der Waals surface area contributed by atoms with Crippen molar-refractivity contribution in [1.29, 1.82) is 0 Å². The first-order chi connectivity index (χ1) is 13.6. The number of carbonyl (C=O) groups is 2. The zero-order valence-electron chi connectivity index (χ0n) is 17.4. The molecule has 0 spiro atoms. The molecule has 6 heteroatoms. The van der Waals surface area contributed by atoms with Crippen LogP contribution in [0.3, 0.4) is 0 Å². The Balaban J connectivity index is 3.40. The van der Waals surface area contributed by atoms with Crippen LogP contribution in [0.2, 0.25) is 0 Å². The Labute approximate surface area is 172 Å². The quantitative estimate of drug-likeness (QED) is 0.176. The summed E-state index contributed by atoms with van der Waals surface area (Å²) < 4.78 is 0. The van der Waals surface area contributed by atoms with Crippen molar-refractivity contribution in [2.45, 2.75) is 71.1 Å². The van der Waals surface area contributed by atoms with E-state index < -0.39 is 14.1 Å². The van der Waals surface area contributed by atoms with Crippen molar-refractivity contribution in [3.8, 4) is 0 Å². The molecule has 0 aromatic carbocycles. The smallest absolute Gasteiger partial charge is 0.223 e. The lowest BCUT2D eigenvalue weighted by Gasteiger charge is -2.09. The van der Waals surface area contributed by atoms with Gasteiger partial charge in [-0.05, 0) is 38.5 Å². The van der Waals surface area contributed by atoms with Crippen molar-refractivity contribution < 1.29 is 14.5 Å². The molecule has 0 saturated carbocycles. The van der Waals surface area contributed by atoms with E-state index in [2.05, 4.69) is 48.7 Å². The van der Waals surface area contributed by atoms with Gasteiger partial charge in [0.15, 0.2) is 0 Å². The van der Waals surface area contributed by atoms with Crippen molar-refractivity contribution in [3.05, 3.63) is 36.5 Å². The first kappa shape index (κ1) is 26.6. The summed E-state index contributed by atoms with van der Waals surface area (Å²) in [5.41, 5.74) is 5.02. The topological polar surface area (TPSA) is 92.4 Å². The van der Waals surface area contributed by atoms with Crippen molar-refractivity contribution in [2.75, 3.05) is 18.9 Å². The van der Waals surface area contributed by atoms with Crippen molar-refractivity contribution in [3.63, 3.8) is 0 Å². The summed E-state index contributed by atoms with van der Waals surface area (Å²) in [5, 5.41) is 2.78. The molecular weight excluding hydrogens is 371 g/mol. The molecular formula is C22H39N2O3P. The molecule has 4 N–H and O–H groups in total. The molecule has 0 aliphatic heterocycles. The molecule has 0 heterocycles. The molecule has 0 rings (SSSR count). The van der Waals surface area contributed by atoms with Crippen molar-refractivity contribution in [2.24, 2.45) is 5.73 Å². The first-order valence-corrected chi connectivity index (χ1v) is 12.2. The molecule has 0 fully saturated rings. The average molecular weight is 411 g/mol. The minimum atomic E-state index is -1.39. The van der Waals surface area contributed by atoms with Gasteiger partial charge in [-0.3, -0.25) is 9.59 Å². The number of carbonyl (C=O) groups excluding carboxylic acids is 2. The number of hydrogen-bond acceptors (Lipinski definition) is 3. The summed E-state index contributed by atoms with van der Waals surface area (Å²) in [6, 6.07) is 0. The minimum Gasteiger partial charge on any atom is -0.373 e. The Hall–Kier alpha value is -1.45. The summed E-state index contributed by atoms with van der Waals surface area (Å²) in [5.74, 6) is -0.480. The lowest BCUT2D eigenvalue weighted by atomic mass is 10.1. The fraction of sp³-hybridized carbons (Fsp3) is 0.636. The summed E-state index contributed by atoms with van der Waals surface area (Å²) in [6.45, 7) is 2.55. The van der Waals surface area contributed by atoms with Crippen LogP contribution in [0.5, 0.6) is 0 Å². The molecule has 1 atom stereocenters. The second kappa shape index (κ2) is 20.3. The normalized spacial score (nSPS) is 12.9. The highest BCUT2D eigenvalue weighted by molar-refractivity contribution is 7.52. The van der Waals surface area contributed by atoms with Crippen LogP contribution in [0.25, 0.3) is 0 Å². The fourth-order valence-electron chi connectivity index (χ4n) is 2.58. The Morgan fingerprint density at radius 1 is 0.929 bits per heavy atom. The van der Waals surface area contributed by atoms with Gasteiger partial charge in [0.25, 0.3) is 0 Å². The van der Waals surface area contributed by atoms with Crippen molar-refractivity contribution in [1.82, 2.24) is 5.32 Å². The van der Waals surface area contributed by atoms with E-state index in [4.69, 9.17) is 5.73 Å². The lowest BCUT2D eigenvalue weighted by Crippen LogP contribution is -2.26. The Morgan fingerprint density at radius 3 is 2.21 bits per heavy atom. The molecule has 0 aromatic rings. The van der Waals surface area contributed by atoms with Crippen molar-refractivity contribution >= 4 is 20.0 Å². The highest BCUT2D eigenvalue weighted by atomic mass is 31.1. The monoisotopic (exact) mass is 410 g/mol. The van der Waals surface area contributed by atoms with Crippen LogP contribution in [0, 0.1) is 0 Å². The maximum atomic E-state index is 11.7. The van der Waals surface area contributed by atoms with Gasteiger partial charge in [-0.1, -0.05) is 62.6 Å². The van der Waals surface area contributed by atoms with Crippen LogP contribution in [-0.2, 0) is 9.59 Å². The van der Waals surface area contributed by atoms with Crippen LogP contribution in [0.15, 0.2) is 36.5 Å². The zero-order valence-corrected chi connectivity index (χ0v) is 18.3. The third-order valence-corrected chi connectivity index (χ3v) is 5.50. The number of unbranched alkanes of at least 4 members (excludes halogenated alkanes) is 5. The van der Waals surface area contributed by atoms with Gasteiger partial charge in [0.2, 0.25) is 11.8 Å². The third-order valence-electron chi connectivity index (χ3n) is 4.09. The predicted octanol–water partition coefficient (Wildman–Crippen LogP) is 4.57. The largest absolute Gasteiger partial charge is 0.373 e. The standard InChI is InChI=1S/C22H39N2O3P/c1-2-3-4-5-6-7-8-9-10-11-12-13-14-15-16-17-22(26)24-18-19-28(27)20-21(23)25/h3-4,6-7,9-10,27H,2,5,8,11-20H2,1H3,(H2,23,25)(H,24,26). The molecule has 0 aromatic heterocycles. The number of allylic oxidation sites excluding steroid dienone is 6. The number of rotatable bonds is 18. The van der Waals surface area contributed by atoms with Gasteiger partial charge in [-0.15, -0.1) is 0 Å². The first-order valence-electron chi connectivity index (χ1n) is 10.5. The van der Waals surface area contributed by atoms with E-state index in [-0.39, 0.29) is 12.1 Å². The highest BCUT2D eigenvalue weighted by Gasteiger charge is 2.08. The van der Waals surface area contributed by atoms with E-state index >= 15 is 0 Å². The number of primary amides is 1. The van der Waals surface area contributed by atoms with E-state index in [9.17, 15) is 14.5 Å². The Bertz CT molecular complexity index is 490. The van der Waals surface area contributed by atoms with Crippen LogP contribution >= 0.6 is 8.15 Å². The van der Waals surface area contributed by atoms with Gasteiger partial charge in [0.05, 0.1) is 6.16 Å². The average Bonchev–Trinajstić information content (AvgIpc) is 2.64. The third kappa shape index (κ3) is 20.9. The molecule has 1 unspecified atom stereocenters. The molecule has 0 aliphatic rings. The van der Waals surface area contributed by atoms with E-state index in [1.165, 1.54) is 12.8 Å².